The van der Waals surface area contributed by atoms with Gasteiger partial charge in [0.15, 0.2) is 0 Å². The van der Waals surface area contributed by atoms with Crippen molar-refractivity contribution in [3.8, 4) is 0 Å². The first kappa shape index (κ1) is 14.7. The Morgan fingerprint density at radius 3 is 2.75 bits per heavy atom. The Kier molecular flexibility index (Phi) is 3.65. The largest absolute Gasteiger partial charge is 0.338 e. The van der Waals surface area contributed by atoms with Crippen molar-refractivity contribution in [1.82, 2.24) is 19.1 Å². The number of hydrogen-bond donors (Lipinski definition) is 0. The van der Waals surface area contributed by atoms with Gasteiger partial charge in [0, 0.05) is 44.4 Å². The van der Waals surface area contributed by atoms with Crippen LogP contribution in [-0.4, -0.2) is 31.5 Å². The van der Waals surface area contributed by atoms with E-state index in [1.54, 1.807) is 33.7 Å². The van der Waals surface area contributed by atoms with Gasteiger partial charge < -0.3 is 9.47 Å². The summed E-state index contributed by atoms with van der Waals surface area (Å²) in [5.41, 5.74) is 1.62. The van der Waals surface area contributed by atoms with E-state index in [9.17, 15) is 9.59 Å². The van der Waals surface area contributed by atoms with E-state index in [0.29, 0.717) is 31.6 Å². The van der Waals surface area contributed by atoms with Crippen molar-refractivity contribution in [1.29, 1.82) is 0 Å². The van der Waals surface area contributed by atoms with Gasteiger partial charge >= 0.3 is 0 Å². The zero-order valence-electron chi connectivity index (χ0n) is 13.2. The second-order valence-corrected chi connectivity index (χ2v) is 6.25. The summed E-state index contributed by atoms with van der Waals surface area (Å²) < 4.78 is 3.25. The van der Waals surface area contributed by atoms with E-state index in [1.165, 1.54) is 0 Å². The molecule has 0 bridgehead atoms. The van der Waals surface area contributed by atoms with Gasteiger partial charge in [-0.3, -0.25) is 9.59 Å². The summed E-state index contributed by atoms with van der Waals surface area (Å²) in [5.74, 6) is 0.312. The molecule has 1 atom stereocenters. The van der Waals surface area contributed by atoms with Gasteiger partial charge in [0.05, 0.1) is 6.20 Å². The molecule has 0 saturated carbocycles. The molecule has 1 amide bonds. The molecule has 0 spiro atoms. The molecule has 3 heterocycles. The summed E-state index contributed by atoms with van der Waals surface area (Å²) in [6.45, 7) is 1.87. The highest BCUT2D eigenvalue weighted by Crippen LogP contribution is 2.21. The van der Waals surface area contributed by atoms with Gasteiger partial charge in [-0.2, -0.15) is 5.10 Å². The minimum atomic E-state index is -0.0658. The normalized spacial score (nSPS) is 17.8. The van der Waals surface area contributed by atoms with Crippen molar-refractivity contribution < 1.29 is 4.79 Å². The molecule has 1 aliphatic heterocycles. The summed E-state index contributed by atoms with van der Waals surface area (Å²) in [5, 5.41) is 4.06. The number of likely N-dealkylation sites (tertiary alicyclic amines) is 1. The third-order valence-electron chi connectivity index (χ3n) is 4.50. The fourth-order valence-corrected chi connectivity index (χ4v) is 3.32. The summed E-state index contributed by atoms with van der Waals surface area (Å²) in [4.78, 5) is 26.6. The average molecular weight is 322 g/mol. The van der Waals surface area contributed by atoms with E-state index >= 15 is 0 Å². The Morgan fingerprint density at radius 2 is 1.92 bits per heavy atom. The van der Waals surface area contributed by atoms with Gasteiger partial charge in [0.2, 0.25) is 5.91 Å². The van der Waals surface area contributed by atoms with Crippen LogP contribution in [0.3, 0.4) is 0 Å². The summed E-state index contributed by atoms with van der Waals surface area (Å²) in [6, 6.07) is 11.7. The fourth-order valence-electron chi connectivity index (χ4n) is 3.32. The molecular formula is C18H18N4O2. The monoisotopic (exact) mass is 322 g/mol. The molecule has 4 rings (SSSR count). The van der Waals surface area contributed by atoms with E-state index in [-0.39, 0.29) is 17.4 Å². The van der Waals surface area contributed by atoms with E-state index in [4.69, 9.17) is 0 Å². The van der Waals surface area contributed by atoms with Crippen molar-refractivity contribution in [2.45, 2.75) is 19.5 Å². The topological polar surface area (TPSA) is 59.6 Å². The van der Waals surface area contributed by atoms with Crippen LogP contribution in [0.4, 0.5) is 0 Å². The van der Waals surface area contributed by atoms with Crippen LogP contribution in [0.2, 0.25) is 0 Å². The molecular weight excluding hydrogens is 304 g/mol. The van der Waals surface area contributed by atoms with Gasteiger partial charge in [0.25, 0.3) is 5.56 Å². The van der Waals surface area contributed by atoms with Crippen molar-refractivity contribution in [2.75, 3.05) is 6.54 Å². The maximum absolute atomic E-state index is 12.4. The molecule has 3 aromatic rings. The van der Waals surface area contributed by atoms with Crippen molar-refractivity contribution in [3.05, 3.63) is 70.9 Å². The van der Waals surface area contributed by atoms with E-state index in [1.807, 2.05) is 35.2 Å². The van der Waals surface area contributed by atoms with Crippen LogP contribution in [0.15, 0.2) is 59.8 Å². The van der Waals surface area contributed by atoms with Crippen LogP contribution in [-0.2, 0) is 17.9 Å². The molecule has 2 aromatic heterocycles. The van der Waals surface area contributed by atoms with Gasteiger partial charge in [-0.15, -0.1) is 0 Å². The number of hydrogen-bond acceptors (Lipinski definition) is 3. The molecule has 0 N–H and O–H groups in total. The lowest BCUT2D eigenvalue weighted by Crippen LogP contribution is -2.27. The molecule has 6 nitrogen and oxygen atoms in total. The number of aromatic nitrogens is 3. The number of fused-ring (bicyclic) bond motifs is 1. The third-order valence-corrected chi connectivity index (χ3v) is 4.50. The molecule has 24 heavy (non-hydrogen) atoms. The number of amides is 1. The number of carbonyl (C=O) groups is 1. The molecule has 1 fully saturated rings. The molecule has 0 radical (unpaired) electrons. The van der Waals surface area contributed by atoms with Gasteiger partial charge in [-0.25, -0.2) is 4.52 Å². The number of nitrogens with zero attached hydrogens (tertiary/aromatic N) is 4. The van der Waals surface area contributed by atoms with Gasteiger partial charge in [0.1, 0.15) is 5.52 Å². The highest BCUT2D eigenvalue weighted by molar-refractivity contribution is 5.78. The van der Waals surface area contributed by atoms with Crippen LogP contribution < -0.4 is 5.56 Å². The smallest absolute Gasteiger partial charge is 0.276 e. The van der Waals surface area contributed by atoms with Crippen molar-refractivity contribution in [3.63, 3.8) is 0 Å². The Balaban J connectivity index is 1.48. The van der Waals surface area contributed by atoms with E-state index in [0.717, 1.165) is 5.56 Å². The Labute approximate surface area is 138 Å². The predicted octanol–water partition coefficient (Wildman–Crippen LogP) is 1.54. The zero-order valence-corrected chi connectivity index (χ0v) is 13.2. The van der Waals surface area contributed by atoms with Crippen LogP contribution in [0.1, 0.15) is 12.0 Å². The lowest BCUT2D eigenvalue weighted by Gasteiger charge is -2.17. The first-order valence-corrected chi connectivity index (χ1v) is 8.05. The Hall–Kier alpha value is -2.89. The van der Waals surface area contributed by atoms with Crippen molar-refractivity contribution >= 4 is 11.4 Å². The number of carbonyl (C=O) groups excluding carboxylic acids is 1. The lowest BCUT2D eigenvalue weighted by molar-refractivity contribution is -0.128. The zero-order chi connectivity index (χ0) is 16.5. The maximum atomic E-state index is 12.4. The van der Waals surface area contributed by atoms with E-state index < -0.39 is 0 Å². The molecule has 0 aliphatic carbocycles. The SMILES string of the molecule is O=C1CC(Cn2ccn3nccc3c2=O)CN1Cc1ccccc1. The molecule has 1 aromatic carbocycles. The van der Waals surface area contributed by atoms with Crippen LogP contribution in [0.25, 0.3) is 5.52 Å². The molecule has 6 heteroatoms. The average Bonchev–Trinajstić information content (AvgIpc) is 3.19. The van der Waals surface area contributed by atoms with Crippen LogP contribution in [0.5, 0.6) is 0 Å². The first-order chi connectivity index (χ1) is 11.7. The second kappa shape index (κ2) is 5.96. The highest BCUT2D eigenvalue weighted by atomic mass is 16.2. The highest BCUT2D eigenvalue weighted by Gasteiger charge is 2.29. The third kappa shape index (κ3) is 2.71. The quantitative estimate of drug-likeness (QED) is 0.732. The lowest BCUT2D eigenvalue weighted by atomic mass is 10.1. The fraction of sp³-hybridized carbons (Fsp3) is 0.278. The molecule has 122 valence electrons. The van der Waals surface area contributed by atoms with E-state index in [2.05, 4.69) is 5.10 Å². The van der Waals surface area contributed by atoms with Crippen LogP contribution in [0, 0.1) is 5.92 Å². The summed E-state index contributed by atoms with van der Waals surface area (Å²) >= 11 is 0. The molecule has 1 saturated heterocycles. The standard InChI is InChI=1S/C18H18N4O2/c23-17-10-15(13-21(17)11-14-4-2-1-3-5-14)12-20-8-9-22-16(18(20)24)6-7-19-22/h1-9,15H,10-13H2. The summed E-state index contributed by atoms with van der Waals surface area (Å²) in [7, 11) is 0. The molecule has 1 aliphatic rings. The second-order valence-electron chi connectivity index (χ2n) is 6.25. The first-order valence-electron chi connectivity index (χ1n) is 8.05. The maximum Gasteiger partial charge on any atom is 0.276 e. The number of benzene rings is 1. The van der Waals surface area contributed by atoms with Crippen molar-refractivity contribution in [2.24, 2.45) is 5.92 Å². The predicted molar refractivity (Wildman–Crippen MR) is 89.4 cm³/mol. The minimum absolute atomic E-state index is 0.0658. The van der Waals surface area contributed by atoms with Gasteiger partial charge in [-0.1, -0.05) is 30.3 Å². The van der Waals surface area contributed by atoms with Crippen LogP contribution >= 0.6 is 0 Å². The Morgan fingerprint density at radius 1 is 1.08 bits per heavy atom. The number of rotatable bonds is 4. The minimum Gasteiger partial charge on any atom is -0.338 e. The Bertz CT molecular complexity index is 929. The summed E-state index contributed by atoms with van der Waals surface area (Å²) in [6.07, 6.45) is 5.62. The van der Waals surface area contributed by atoms with Gasteiger partial charge in [-0.05, 0) is 11.6 Å². The molecule has 1 unspecified atom stereocenters.